The van der Waals surface area contributed by atoms with Crippen LogP contribution in [0.4, 0.5) is 0 Å². The number of rotatable bonds is 2. The SMILES string of the molecule is Cl.Cn1cc(-c2nc(C(=O)N3CCC4(CCNC4)CC3)cs2)cn1. The van der Waals surface area contributed by atoms with Crippen molar-refractivity contribution < 1.29 is 4.79 Å². The molecule has 4 rings (SSSR count). The van der Waals surface area contributed by atoms with E-state index in [0.29, 0.717) is 11.1 Å². The Morgan fingerprint density at radius 2 is 2.12 bits per heavy atom. The van der Waals surface area contributed by atoms with Gasteiger partial charge in [-0.15, -0.1) is 23.7 Å². The number of thiazole rings is 1. The first-order chi connectivity index (χ1) is 11.2. The Labute approximate surface area is 151 Å². The number of carbonyl (C=O) groups is 1. The third-order valence-corrected chi connectivity index (χ3v) is 6.01. The van der Waals surface area contributed by atoms with Gasteiger partial charge in [-0.25, -0.2) is 4.98 Å². The molecule has 1 spiro atoms. The summed E-state index contributed by atoms with van der Waals surface area (Å²) < 4.78 is 1.75. The Balaban J connectivity index is 0.00000169. The van der Waals surface area contributed by atoms with E-state index in [0.717, 1.165) is 49.6 Å². The van der Waals surface area contributed by atoms with Crippen LogP contribution in [-0.2, 0) is 7.05 Å². The van der Waals surface area contributed by atoms with Gasteiger partial charge < -0.3 is 10.2 Å². The lowest BCUT2D eigenvalue weighted by Gasteiger charge is -2.38. The van der Waals surface area contributed by atoms with Gasteiger partial charge in [0, 0.05) is 43.8 Å². The van der Waals surface area contributed by atoms with Gasteiger partial charge in [-0.1, -0.05) is 0 Å². The molecule has 24 heavy (non-hydrogen) atoms. The van der Waals surface area contributed by atoms with E-state index in [1.54, 1.807) is 10.9 Å². The number of piperidine rings is 1. The van der Waals surface area contributed by atoms with Crippen molar-refractivity contribution in [2.75, 3.05) is 26.2 Å². The molecule has 130 valence electrons. The lowest BCUT2D eigenvalue weighted by atomic mass is 9.78. The first kappa shape index (κ1) is 17.4. The van der Waals surface area contributed by atoms with E-state index in [9.17, 15) is 4.79 Å². The van der Waals surface area contributed by atoms with Gasteiger partial charge in [0.1, 0.15) is 10.7 Å². The van der Waals surface area contributed by atoms with E-state index in [4.69, 9.17) is 0 Å². The predicted molar refractivity (Wildman–Crippen MR) is 96.6 cm³/mol. The average Bonchev–Trinajstić information content (AvgIpc) is 3.28. The second-order valence-corrected chi connectivity index (χ2v) is 7.52. The fourth-order valence-corrected chi connectivity index (χ4v) is 4.37. The molecule has 4 heterocycles. The maximum Gasteiger partial charge on any atom is 0.273 e. The molecule has 2 aliphatic heterocycles. The molecule has 0 atom stereocenters. The molecular weight excluding hydrogens is 346 g/mol. The van der Waals surface area contributed by atoms with E-state index in [2.05, 4.69) is 15.4 Å². The molecule has 0 unspecified atom stereocenters. The zero-order valence-electron chi connectivity index (χ0n) is 13.7. The van der Waals surface area contributed by atoms with Gasteiger partial charge in [-0.05, 0) is 31.2 Å². The van der Waals surface area contributed by atoms with Gasteiger partial charge in [-0.3, -0.25) is 9.48 Å². The third kappa shape index (κ3) is 3.20. The molecule has 8 heteroatoms. The Bertz CT molecular complexity index is 712. The maximum absolute atomic E-state index is 12.7. The van der Waals surface area contributed by atoms with E-state index >= 15 is 0 Å². The van der Waals surface area contributed by atoms with Crippen molar-refractivity contribution in [2.45, 2.75) is 19.3 Å². The van der Waals surface area contributed by atoms with Crippen molar-refractivity contribution in [2.24, 2.45) is 12.5 Å². The summed E-state index contributed by atoms with van der Waals surface area (Å²) in [7, 11) is 1.88. The Morgan fingerprint density at radius 1 is 1.33 bits per heavy atom. The standard InChI is InChI=1S/C16H21N5OS.ClH/c1-20-9-12(8-18-20)14-19-13(10-23-14)15(22)21-6-3-16(4-7-21)2-5-17-11-16;/h8-10,17H,2-7,11H2,1H3;1H. The number of likely N-dealkylation sites (tertiary alicyclic amines) is 1. The number of hydrogen-bond donors (Lipinski definition) is 1. The van der Waals surface area contributed by atoms with Crippen LogP contribution in [0, 0.1) is 5.41 Å². The fraction of sp³-hybridized carbons (Fsp3) is 0.562. The largest absolute Gasteiger partial charge is 0.337 e. The van der Waals surface area contributed by atoms with E-state index < -0.39 is 0 Å². The van der Waals surface area contributed by atoms with Crippen molar-refractivity contribution >= 4 is 29.7 Å². The fourth-order valence-electron chi connectivity index (χ4n) is 3.60. The van der Waals surface area contributed by atoms with Gasteiger partial charge >= 0.3 is 0 Å². The first-order valence-corrected chi connectivity index (χ1v) is 8.98. The molecule has 0 aliphatic carbocycles. The predicted octanol–water partition coefficient (Wildman–Crippen LogP) is 2.18. The number of carbonyl (C=O) groups excluding carboxylic acids is 1. The van der Waals surface area contributed by atoms with Gasteiger partial charge in [0.2, 0.25) is 0 Å². The minimum atomic E-state index is 0. The van der Waals surface area contributed by atoms with Crippen LogP contribution in [0.15, 0.2) is 17.8 Å². The van der Waals surface area contributed by atoms with Crippen LogP contribution < -0.4 is 5.32 Å². The van der Waals surface area contributed by atoms with Crippen LogP contribution in [0.25, 0.3) is 10.6 Å². The molecule has 2 saturated heterocycles. The van der Waals surface area contributed by atoms with E-state index in [-0.39, 0.29) is 18.3 Å². The summed E-state index contributed by atoms with van der Waals surface area (Å²) in [5.41, 5.74) is 1.96. The molecule has 2 fully saturated rings. The number of nitrogens with one attached hydrogen (secondary N) is 1. The molecule has 0 aromatic carbocycles. The highest BCUT2D eigenvalue weighted by atomic mass is 35.5. The van der Waals surface area contributed by atoms with Gasteiger partial charge in [0.15, 0.2) is 0 Å². The summed E-state index contributed by atoms with van der Waals surface area (Å²) in [6.45, 7) is 3.92. The minimum absolute atomic E-state index is 0. The smallest absolute Gasteiger partial charge is 0.273 e. The summed E-state index contributed by atoms with van der Waals surface area (Å²) in [6, 6.07) is 0. The highest BCUT2D eigenvalue weighted by Crippen LogP contribution is 2.37. The molecule has 1 amide bonds. The lowest BCUT2D eigenvalue weighted by Crippen LogP contribution is -2.44. The number of aromatic nitrogens is 3. The van der Waals surface area contributed by atoms with Gasteiger partial charge in [0.25, 0.3) is 5.91 Å². The molecular formula is C16H22ClN5OS. The quantitative estimate of drug-likeness (QED) is 0.883. The normalized spacial score (nSPS) is 19.5. The molecule has 0 bridgehead atoms. The highest BCUT2D eigenvalue weighted by molar-refractivity contribution is 7.13. The second-order valence-electron chi connectivity index (χ2n) is 6.66. The highest BCUT2D eigenvalue weighted by Gasteiger charge is 2.38. The molecule has 2 aliphatic rings. The topological polar surface area (TPSA) is 63.1 Å². The van der Waals surface area contributed by atoms with E-state index in [1.165, 1.54) is 17.8 Å². The third-order valence-electron chi connectivity index (χ3n) is 5.12. The van der Waals surface area contributed by atoms with Crippen LogP contribution in [0.1, 0.15) is 29.8 Å². The van der Waals surface area contributed by atoms with Crippen LogP contribution in [-0.4, -0.2) is 51.8 Å². The number of nitrogens with zero attached hydrogens (tertiary/aromatic N) is 4. The maximum atomic E-state index is 12.7. The summed E-state index contributed by atoms with van der Waals surface area (Å²) in [5.74, 6) is 0.0668. The number of halogens is 1. The summed E-state index contributed by atoms with van der Waals surface area (Å²) in [4.78, 5) is 19.2. The second kappa shape index (κ2) is 6.82. The van der Waals surface area contributed by atoms with Crippen LogP contribution in [0.2, 0.25) is 0 Å². The van der Waals surface area contributed by atoms with Crippen molar-refractivity contribution in [1.29, 1.82) is 0 Å². The average molecular weight is 368 g/mol. The Hall–Kier alpha value is -1.44. The zero-order chi connectivity index (χ0) is 15.9. The first-order valence-electron chi connectivity index (χ1n) is 8.10. The molecule has 0 saturated carbocycles. The van der Waals surface area contributed by atoms with Crippen LogP contribution in [0.5, 0.6) is 0 Å². The summed E-state index contributed by atoms with van der Waals surface area (Å²) in [6.07, 6.45) is 7.16. The summed E-state index contributed by atoms with van der Waals surface area (Å²) in [5, 5.41) is 10.3. The number of hydrogen-bond acceptors (Lipinski definition) is 5. The molecule has 0 radical (unpaired) electrons. The van der Waals surface area contributed by atoms with Gasteiger partial charge in [0.05, 0.1) is 6.20 Å². The molecule has 2 aromatic rings. The molecule has 2 aromatic heterocycles. The summed E-state index contributed by atoms with van der Waals surface area (Å²) >= 11 is 1.51. The van der Waals surface area contributed by atoms with Crippen LogP contribution >= 0.6 is 23.7 Å². The molecule has 1 N–H and O–H groups in total. The van der Waals surface area contributed by atoms with Crippen molar-refractivity contribution in [3.63, 3.8) is 0 Å². The van der Waals surface area contributed by atoms with Crippen LogP contribution in [0.3, 0.4) is 0 Å². The Morgan fingerprint density at radius 3 is 2.75 bits per heavy atom. The monoisotopic (exact) mass is 367 g/mol. The van der Waals surface area contributed by atoms with Gasteiger partial charge in [-0.2, -0.15) is 5.10 Å². The Kier molecular flexibility index (Phi) is 4.94. The minimum Gasteiger partial charge on any atom is -0.337 e. The zero-order valence-corrected chi connectivity index (χ0v) is 15.3. The van der Waals surface area contributed by atoms with Crippen molar-refractivity contribution in [3.8, 4) is 10.6 Å². The van der Waals surface area contributed by atoms with Crippen molar-refractivity contribution in [3.05, 3.63) is 23.5 Å². The number of amides is 1. The van der Waals surface area contributed by atoms with E-state index in [1.807, 2.05) is 23.5 Å². The van der Waals surface area contributed by atoms with Crippen molar-refractivity contribution in [1.82, 2.24) is 25.0 Å². The number of aryl methyl sites for hydroxylation is 1. The lowest BCUT2D eigenvalue weighted by molar-refractivity contribution is 0.0603. The molecule has 6 nitrogen and oxygen atoms in total.